The minimum Gasteiger partial charge on any atom is -0.465 e. The zero-order valence-corrected chi connectivity index (χ0v) is 11.9. The summed E-state index contributed by atoms with van der Waals surface area (Å²) in [5, 5.41) is 3.83. The first kappa shape index (κ1) is 13.5. The predicted molar refractivity (Wildman–Crippen MR) is 77.6 cm³/mol. The monoisotopic (exact) mass is 284 g/mol. The van der Waals surface area contributed by atoms with E-state index in [1.54, 1.807) is 18.3 Å². The summed E-state index contributed by atoms with van der Waals surface area (Å²) in [7, 11) is 1.38. The van der Waals surface area contributed by atoms with Crippen LogP contribution in [0, 0.1) is 0 Å². The number of rotatable bonds is 4. The Hall–Kier alpha value is -0.880. The summed E-state index contributed by atoms with van der Waals surface area (Å²) in [5.74, 6) is 3.84. The summed E-state index contributed by atoms with van der Waals surface area (Å²) in [6.45, 7) is 0.832. The van der Waals surface area contributed by atoms with Crippen LogP contribution < -0.4 is 5.32 Å². The third kappa shape index (κ3) is 3.55. The Morgan fingerprint density at radius 2 is 2.50 bits per heavy atom. The lowest BCUT2D eigenvalue weighted by Gasteiger charge is -2.21. The molecule has 2 rings (SSSR count). The second-order valence-corrected chi connectivity index (χ2v) is 6.40. The summed E-state index contributed by atoms with van der Waals surface area (Å²) in [6, 6.07) is 3.46. The summed E-state index contributed by atoms with van der Waals surface area (Å²) >= 11 is 3.96. The van der Waals surface area contributed by atoms with Crippen molar-refractivity contribution in [2.45, 2.75) is 5.25 Å². The van der Waals surface area contributed by atoms with Crippen LogP contribution in [0.15, 0.2) is 18.3 Å². The number of carbonyl (C=O) groups is 1. The van der Waals surface area contributed by atoms with Crippen LogP contribution in [0.4, 0.5) is 5.82 Å². The predicted octanol–water partition coefficient (Wildman–Crippen LogP) is 2.13. The third-order valence-corrected chi connectivity index (χ3v) is 5.44. The van der Waals surface area contributed by atoms with E-state index in [-0.39, 0.29) is 5.97 Å². The van der Waals surface area contributed by atoms with Gasteiger partial charge in [-0.05, 0) is 12.1 Å². The van der Waals surface area contributed by atoms with Gasteiger partial charge in [-0.15, -0.1) is 0 Å². The number of ether oxygens (including phenoxy) is 1. The summed E-state index contributed by atoms with van der Waals surface area (Å²) in [5.41, 5.74) is 0.494. The Kier molecular flexibility index (Phi) is 5.19. The van der Waals surface area contributed by atoms with Gasteiger partial charge in [0.2, 0.25) is 0 Å². The summed E-state index contributed by atoms with van der Waals surface area (Å²) in [4.78, 5) is 15.8. The molecule has 0 radical (unpaired) electrons. The number of anilines is 1. The van der Waals surface area contributed by atoms with Crippen LogP contribution in [0.3, 0.4) is 0 Å². The molecule has 0 saturated carbocycles. The van der Waals surface area contributed by atoms with Crippen LogP contribution in [0.1, 0.15) is 10.4 Å². The van der Waals surface area contributed by atoms with E-state index >= 15 is 0 Å². The molecule has 98 valence electrons. The van der Waals surface area contributed by atoms with Crippen molar-refractivity contribution >= 4 is 35.3 Å². The maximum atomic E-state index is 11.6. The van der Waals surface area contributed by atoms with E-state index in [4.69, 9.17) is 4.74 Å². The fraction of sp³-hybridized carbons (Fsp3) is 0.500. The first-order chi connectivity index (χ1) is 8.81. The van der Waals surface area contributed by atoms with Gasteiger partial charge in [0.1, 0.15) is 11.4 Å². The number of hydrogen-bond acceptors (Lipinski definition) is 6. The smallest absolute Gasteiger partial charge is 0.341 e. The largest absolute Gasteiger partial charge is 0.465 e. The van der Waals surface area contributed by atoms with Crippen molar-refractivity contribution in [3.05, 3.63) is 23.9 Å². The van der Waals surface area contributed by atoms with Crippen molar-refractivity contribution in [3.8, 4) is 0 Å². The first-order valence-electron chi connectivity index (χ1n) is 5.78. The normalized spacial score (nSPS) is 19.3. The molecule has 1 unspecified atom stereocenters. The van der Waals surface area contributed by atoms with Crippen LogP contribution in [0.25, 0.3) is 0 Å². The highest BCUT2D eigenvalue weighted by atomic mass is 32.2. The summed E-state index contributed by atoms with van der Waals surface area (Å²) in [6.07, 6.45) is 1.68. The standard InChI is InChI=1S/C12H16N2O2S2/c1-16-12(15)10-3-2-4-13-11(10)14-7-9-8-17-5-6-18-9/h2-4,9H,5-8H2,1H3,(H,13,14). The molecule has 1 aliphatic heterocycles. The van der Waals surface area contributed by atoms with Gasteiger partial charge in [0.25, 0.3) is 0 Å². The summed E-state index contributed by atoms with van der Waals surface area (Å²) < 4.78 is 4.74. The lowest BCUT2D eigenvalue weighted by Crippen LogP contribution is -2.24. The number of carbonyl (C=O) groups excluding carboxylic acids is 1. The van der Waals surface area contributed by atoms with Gasteiger partial charge in [-0.25, -0.2) is 9.78 Å². The molecule has 0 spiro atoms. The molecule has 1 fully saturated rings. The van der Waals surface area contributed by atoms with Gasteiger partial charge in [-0.2, -0.15) is 23.5 Å². The highest BCUT2D eigenvalue weighted by Crippen LogP contribution is 2.24. The fourth-order valence-electron chi connectivity index (χ4n) is 1.69. The molecule has 0 aliphatic carbocycles. The highest BCUT2D eigenvalue weighted by molar-refractivity contribution is 8.06. The number of esters is 1. The second-order valence-electron chi connectivity index (χ2n) is 3.84. The molecule has 0 bridgehead atoms. The van der Waals surface area contributed by atoms with E-state index in [1.807, 2.05) is 23.5 Å². The van der Waals surface area contributed by atoms with Crippen LogP contribution in [0.2, 0.25) is 0 Å². The van der Waals surface area contributed by atoms with Crippen LogP contribution >= 0.6 is 23.5 Å². The minimum absolute atomic E-state index is 0.351. The Labute approximate surface area is 115 Å². The fourth-order valence-corrected chi connectivity index (χ4v) is 4.30. The lowest BCUT2D eigenvalue weighted by molar-refractivity contribution is 0.0601. The molecule has 1 aromatic rings. The van der Waals surface area contributed by atoms with Gasteiger partial charge in [0.15, 0.2) is 0 Å². The number of nitrogens with zero attached hydrogens (tertiary/aromatic N) is 1. The van der Waals surface area contributed by atoms with Gasteiger partial charge in [-0.1, -0.05) is 0 Å². The number of methoxy groups -OCH3 is 1. The number of aromatic nitrogens is 1. The zero-order chi connectivity index (χ0) is 12.8. The SMILES string of the molecule is COC(=O)c1cccnc1NCC1CSCCS1. The van der Waals surface area contributed by atoms with E-state index < -0.39 is 0 Å². The maximum absolute atomic E-state index is 11.6. The van der Waals surface area contributed by atoms with Crippen molar-refractivity contribution in [2.75, 3.05) is 36.2 Å². The molecule has 2 heterocycles. The number of nitrogens with one attached hydrogen (secondary N) is 1. The van der Waals surface area contributed by atoms with Gasteiger partial charge < -0.3 is 10.1 Å². The minimum atomic E-state index is -0.351. The molecule has 0 amide bonds. The van der Waals surface area contributed by atoms with E-state index in [0.29, 0.717) is 16.6 Å². The van der Waals surface area contributed by atoms with Crippen LogP contribution in [0.5, 0.6) is 0 Å². The lowest BCUT2D eigenvalue weighted by atomic mass is 10.2. The Morgan fingerprint density at radius 1 is 1.61 bits per heavy atom. The van der Waals surface area contributed by atoms with E-state index in [9.17, 15) is 4.79 Å². The maximum Gasteiger partial charge on any atom is 0.341 e. The van der Waals surface area contributed by atoms with E-state index in [0.717, 1.165) is 12.3 Å². The van der Waals surface area contributed by atoms with Crippen molar-refractivity contribution in [3.63, 3.8) is 0 Å². The average Bonchev–Trinajstić information content (AvgIpc) is 2.45. The molecular weight excluding hydrogens is 268 g/mol. The van der Waals surface area contributed by atoms with Crippen LogP contribution in [-0.2, 0) is 4.74 Å². The third-order valence-electron chi connectivity index (χ3n) is 2.60. The van der Waals surface area contributed by atoms with Gasteiger partial charge in [0, 0.05) is 35.3 Å². The molecule has 1 aromatic heterocycles. The molecule has 6 heteroatoms. The first-order valence-corrected chi connectivity index (χ1v) is 7.98. The Bertz CT molecular complexity index is 409. The Balaban J connectivity index is 1.97. The van der Waals surface area contributed by atoms with E-state index in [2.05, 4.69) is 10.3 Å². The van der Waals surface area contributed by atoms with Crippen molar-refractivity contribution < 1.29 is 9.53 Å². The molecule has 1 N–H and O–H groups in total. The number of hydrogen-bond donors (Lipinski definition) is 1. The number of thioether (sulfide) groups is 2. The van der Waals surface area contributed by atoms with Crippen molar-refractivity contribution in [1.29, 1.82) is 0 Å². The van der Waals surface area contributed by atoms with Crippen molar-refractivity contribution in [1.82, 2.24) is 4.98 Å². The van der Waals surface area contributed by atoms with Gasteiger partial charge >= 0.3 is 5.97 Å². The highest BCUT2D eigenvalue weighted by Gasteiger charge is 2.16. The second kappa shape index (κ2) is 6.89. The topological polar surface area (TPSA) is 51.2 Å². The zero-order valence-electron chi connectivity index (χ0n) is 10.2. The van der Waals surface area contributed by atoms with Gasteiger partial charge in [-0.3, -0.25) is 0 Å². The molecule has 4 nitrogen and oxygen atoms in total. The number of pyridine rings is 1. The molecule has 0 aromatic carbocycles. The quantitative estimate of drug-likeness (QED) is 0.855. The molecular formula is C12H16N2O2S2. The van der Waals surface area contributed by atoms with E-state index in [1.165, 1.54) is 18.6 Å². The molecule has 1 saturated heterocycles. The van der Waals surface area contributed by atoms with Gasteiger partial charge in [0.05, 0.1) is 7.11 Å². The molecule has 1 aliphatic rings. The Morgan fingerprint density at radius 3 is 3.22 bits per heavy atom. The average molecular weight is 284 g/mol. The van der Waals surface area contributed by atoms with Crippen LogP contribution in [-0.4, -0.2) is 47.1 Å². The molecule has 1 atom stereocenters. The van der Waals surface area contributed by atoms with Crippen molar-refractivity contribution in [2.24, 2.45) is 0 Å². The molecule has 18 heavy (non-hydrogen) atoms.